The summed E-state index contributed by atoms with van der Waals surface area (Å²) in [5, 5.41) is 9.49. The fourth-order valence-corrected chi connectivity index (χ4v) is 5.32. The fraction of sp³-hybridized carbons (Fsp3) is 0.407. The highest BCUT2D eigenvalue weighted by molar-refractivity contribution is 6.30. The van der Waals surface area contributed by atoms with E-state index in [2.05, 4.69) is 10.2 Å². The first-order chi connectivity index (χ1) is 16.5. The summed E-state index contributed by atoms with van der Waals surface area (Å²) in [6.07, 6.45) is 6.97. The van der Waals surface area contributed by atoms with Crippen LogP contribution < -0.4 is 4.74 Å². The van der Waals surface area contributed by atoms with Gasteiger partial charge < -0.3 is 4.74 Å². The van der Waals surface area contributed by atoms with Crippen LogP contribution in [-0.4, -0.2) is 33.4 Å². The number of carbonyl (C=O) groups excluding carboxylic acids is 1. The second-order valence-electron chi connectivity index (χ2n) is 9.28. The monoisotopic (exact) mass is 476 g/mol. The van der Waals surface area contributed by atoms with Crippen LogP contribution in [0.2, 0.25) is 5.02 Å². The van der Waals surface area contributed by atoms with Gasteiger partial charge in [-0.15, -0.1) is 10.2 Å². The lowest BCUT2D eigenvalue weighted by molar-refractivity contribution is -0.120. The molecule has 0 spiro atoms. The second kappa shape index (κ2) is 9.71. The first-order valence-corrected chi connectivity index (χ1v) is 12.4. The van der Waals surface area contributed by atoms with Crippen LogP contribution in [0.4, 0.5) is 0 Å². The Bertz CT molecular complexity index is 1230. The van der Waals surface area contributed by atoms with Crippen molar-refractivity contribution < 1.29 is 9.53 Å². The van der Waals surface area contributed by atoms with Gasteiger partial charge >= 0.3 is 0 Å². The molecule has 5 rings (SSSR count). The largest absolute Gasteiger partial charge is 0.497 e. The quantitative estimate of drug-likeness (QED) is 0.433. The number of methoxy groups -OCH3 is 1. The lowest BCUT2D eigenvalue weighted by Crippen LogP contribution is -2.16. The van der Waals surface area contributed by atoms with Crippen LogP contribution in [0.3, 0.4) is 0 Å². The molecule has 34 heavy (non-hydrogen) atoms. The van der Waals surface area contributed by atoms with E-state index in [1.54, 1.807) is 7.11 Å². The van der Waals surface area contributed by atoms with Crippen molar-refractivity contribution in [1.29, 1.82) is 0 Å². The Labute approximate surface area is 205 Å². The number of hydrogen-bond acceptors (Lipinski definition) is 5. The molecule has 0 saturated heterocycles. The molecule has 0 N–H and O–H groups in total. The van der Waals surface area contributed by atoms with Crippen molar-refractivity contribution in [2.75, 3.05) is 7.11 Å². The van der Waals surface area contributed by atoms with Gasteiger partial charge in [0.25, 0.3) is 0 Å². The van der Waals surface area contributed by atoms with Crippen molar-refractivity contribution in [3.05, 3.63) is 70.3 Å². The predicted molar refractivity (Wildman–Crippen MR) is 133 cm³/mol. The minimum Gasteiger partial charge on any atom is -0.497 e. The number of halogens is 1. The summed E-state index contributed by atoms with van der Waals surface area (Å²) >= 11 is 6.17. The third-order valence-electron chi connectivity index (χ3n) is 6.91. The number of ketones is 1. The first kappa shape index (κ1) is 22.8. The topological polar surface area (TPSA) is 69.4 Å². The van der Waals surface area contributed by atoms with Gasteiger partial charge in [-0.25, -0.2) is 0 Å². The highest BCUT2D eigenvalue weighted by atomic mass is 35.5. The lowest BCUT2D eigenvalue weighted by atomic mass is 9.85. The van der Waals surface area contributed by atoms with Gasteiger partial charge in [-0.3, -0.25) is 14.4 Å². The molecule has 0 radical (unpaired) electrons. The Kier molecular flexibility index (Phi) is 6.50. The maximum absolute atomic E-state index is 13.2. The van der Waals surface area contributed by atoms with Crippen molar-refractivity contribution in [3.63, 3.8) is 0 Å². The Morgan fingerprint density at radius 1 is 1.06 bits per heavy atom. The maximum atomic E-state index is 13.2. The normalized spacial score (nSPS) is 18.0. The Balaban J connectivity index is 1.59. The molecule has 2 aliphatic rings. The summed E-state index contributed by atoms with van der Waals surface area (Å²) in [4.78, 5) is 18.4. The third-order valence-corrected chi connectivity index (χ3v) is 7.16. The summed E-state index contributed by atoms with van der Waals surface area (Å²) < 4.78 is 7.56. The molecule has 0 unspecified atom stereocenters. The Morgan fingerprint density at radius 3 is 2.56 bits per heavy atom. The van der Waals surface area contributed by atoms with Crippen LogP contribution in [-0.2, 0) is 4.79 Å². The van der Waals surface area contributed by atoms with Gasteiger partial charge in [-0.2, -0.15) is 0 Å². The zero-order valence-corrected chi connectivity index (χ0v) is 20.4. The second-order valence-corrected chi connectivity index (χ2v) is 9.71. The zero-order valence-electron chi connectivity index (χ0n) is 19.6. The molecule has 0 bridgehead atoms. The van der Waals surface area contributed by atoms with Crippen LogP contribution in [0.25, 0.3) is 5.69 Å². The van der Waals surface area contributed by atoms with Crippen LogP contribution in [0, 0.1) is 12.8 Å². The maximum Gasteiger partial charge on any atom is 0.162 e. The van der Waals surface area contributed by atoms with Crippen LogP contribution >= 0.6 is 11.6 Å². The summed E-state index contributed by atoms with van der Waals surface area (Å²) in [6, 6.07) is 13.1. The fourth-order valence-electron chi connectivity index (χ4n) is 5.19. The molecule has 1 aliphatic carbocycles. The summed E-state index contributed by atoms with van der Waals surface area (Å²) in [7, 11) is 1.65. The zero-order chi connectivity index (χ0) is 23.7. The third kappa shape index (κ3) is 4.51. The SMILES string of the molecule is COc1ccc2c(c1)C(c1ccc(Cl)cc1)=N[C@@H](CC(=O)CC1CCCCC1)c1nnc(C)n1-2. The van der Waals surface area contributed by atoms with E-state index >= 15 is 0 Å². The van der Waals surface area contributed by atoms with E-state index in [1.807, 2.05) is 54.0 Å². The molecule has 1 atom stereocenters. The first-order valence-electron chi connectivity index (χ1n) is 12.0. The average molecular weight is 477 g/mol. The van der Waals surface area contributed by atoms with Crippen molar-refractivity contribution >= 4 is 23.1 Å². The number of rotatable bonds is 6. The summed E-state index contributed by atoms with van der Waals surface area (Å²) in [5.41, 5.74) is 3.56. The molecule has 1 fully saturated rings. The van der Waals surface area contributed by atoms with E-state index in [4.69, 9.17) is 21.3 Å². The molecule has 7 heteroatoms. The van der Waals surface area contributed by atoms with Crippen molar-refractivity contribution in [3.8, 4) is 11.4 Å². The summed E-state index contributed by atoms with van der Waals surface area (Å²) in [5.74, 6) is 2.93. The predicted octanol–water partition coefficient (Wildman–Crippen LogP) is 6.06. The van der Waals surface area contributed by atoms with Crippen LogP contribution in [0.5, 0.6) is 5.75 Å². The van der Waals surface area contributed by atoms with E-state index in [-0.39, 0.29) is 5.78 Å². The van der Waals surface area contributed by atoms with E-state index in [0.717, 1.165) is 46.9 Å². The number of aryl methyl sites for hydroxylation is 1. The van der Waals surface area contributed by atoms with Gasteiger partial charge in [0.2, 0.25) is 0 Å². The highest BCUT2D eigenvalue weighted by Gasteiger charge is 2.30. The minimum atomic E-state index is -0.415. The lowest BCUT2D eigenvalue weighted by Gasteiger charge is -2.21. The number of carbonyl (C=O) groups is 1. The van der Waals surface area contributed by atoms with Gasteiger partial charge in [0.1, 0.15) is 23.4 Å². The van der Waals surface area contributed by atoms with E-state index in [9.17, 15) is 4.79 Å². The number of nitrogens with zero attached hydrogens (tertiary/aromatic N) is 4. The minimum absolute atomic E-state index is 0.242. The molecule has 1 aromatic heterocycles. The van der Waals surface area contributed by atoms with Crippen molar-refractivity contribution in [2.24, 2.45) is 10.9 Å². The van der Waals surface area contributed by atoms with Gasteiger partial charge in [0.05, 0.1) is 18.5 Å². The molecule has 176 valence electrons. The van der Waals surface area contributed by atoms with Crippen molar-refractivity contribution in [2.45, 2.75) is 57.9 Å². The van der Waals surface area contributed by atoms with Gasteiger partial charge in [-0.05, 0) is 43.2 Å². The van der Waals surface area contributed by atoms with Gasteiger partial charge in [0.15, 0.2) is 5.82 Å². The van der Waals surface area contributed by atoms with Crippen LogP contribution in [0.15, 0.2) is 47.5 Å². The highest BCUT2D eigenvalue weighted by Crippen LogP contribution is 2.35. The van der Waals surface area contributed by atoms with E-state index < -0.39 is 6.04 Å². The number of aromatic nitrogens is 3. The average Bonchev–Trinajstić information content (AvgIpc) is 3.17. The van der Waals surface area contributed by atoms with E-state index in [0.29, 0.717) is 29.6 Å². The smallest absolute Gasteiger partial charge is 0.162 e. The number of benzene rings is 2. The molecule has 2 aromatic carbocycles. The molecule has 6 nitrogen and oxygen atoms in total. The molecular weight excluding hydrogens is 448 g/mol. The number of fused-ring (bicyclic) bond motifs is 3. The summed E-state index contributed by atoms with van der Waals surface area (Å²) in [6.45, 7) is 1.93. The molecular formula is C27H29ClN4O2. The Morgan fingerprint density at radius 2 is 1.82 bits per heavy atom. The molecule has 1 saturated carbocycles. The van der Waals surface area contributed by atoms with Gasteiger partial charge in [0, 0.05) is 29.0 Å². The molecule has 0 amide bonds. The van der Waals surface area contributed by atoms with Crippen molar-refractivity contribution in [1.82, 2.24) is 14.8 Å². The number of aliphatic imine (C=N–C) groups is 1. The Hall–Kier alpha value is -2.99. The number of Topliss-reactive ketones (excluding diaryl/α,β-unsaturated/α-hetero) is 1. The standard InChI is InChI=1S/C27H29ClN4O2/c1-17-30-31-27-24(15-21(33)14-18-6-4-3-5-7-18)29-26(19-8-10-20(28)11-9-19)23-16-22(34-2)12-13-25(23)32(17)27/h8-13,16,18,24H,3-7,14-15H2,1-2H3/t24-/m0/s1. The molecule has 3 aromatic rings. The number of hydrogen-bond donors (Lipinski definition) is 0. The van der Waals surface area contributed by atoms with E-state index in [1.165, 1.54) is 19.3 Å². The van der Waals surface area contributed by atoms with Gasteiger partial charge in [-0.1, -0.05) is 55.8 Å². The van der Waals surface area contributed by atoms with Crippen LogP contribution in [0.1, 0.15) is 73.8 Å². The number of ether oxygens (including phenoxy) is 1. The molecule has 1 aliphatic heterocycles. The molecule has 2 heterocycles.